The maximum Gasteiger partial charge on any atom is 0.243 e. The average Bonchev–Trinajstić information content (AvgIpc) is 2.27. The summed E-state index contributed by atoms with van der Waals surface area (Å²) in [5, 5.41) is 3.76. The van der Waals surface area contributed by atoms with E-state index < -0.39 is 5.54 Å². The van der Waals surface area contributed by atoms with Crippen LogP contribution in [0.3, 0.4) is 0 Å². The highest BCUT2D eigenvalue weighted by molar-refractivity contribution is 9.10. The van der Waals surface area contributed by atoms with Crippen LogP contribution in [0.1, 0.15) is 13.8 Å². The summed E-state index contributed by atoms with van der Waals surface area (Å²) in [6.07, 6.45) is 1.70. The Morgan fingerprint density at radius 3 is 2.83 bits per heavy atom. The summed E-state index contributed by atoms with van der Waals surface area (Å²) >= 11 is 3.37. The molecule has 1 amide bonds. The van der Waals surface area contributed by atoms with Crippen molar-refractivity contribution < 1.29 is 4.79 Å². The molecule has 5 heteroatoms. The Hall–Kier alpha value is -1.46. The van der Waals surface area contributed by atoms with Gasteiger partial charge in [-0.2, -0.15) is 0 Å². The number of aromatic nitrogens is 1. The number of fused-ring (bicyclic) bond motifs is 1. The van der Waals surface area contributed by atoms with Crippen molar-refractivity contribution in [3.63, 3.8) is 0 Å². The molecule has 18 heavy (non-hydrogen) atoms. The minimum absolute atomic E-state index is 0.236. The summed E-state index contributed by atoms with van der Waals surface area (Å²) in [4.78, 5) is 16.2. The minimum Gasteiger partial charge on any atom is -0.323 e. The molecule has 2 rings (SSSR count). The van der Waals surface area contributed by atoms with Gasteiger partial charge < -0.3 is 11.1 Å². The number of pyridine rings is 1. The third-order valence-electron chi connectivity index (χ3n) is 2.51. The smallest absolute Gasteiger partial charge is 0.243 e. The number of anilines is 1. The lowest BCUT2D eigenvalue weighted by molar-refractivity contribution is -0.120. The number of hydrogen-bond donors (Lipinski definition) is 2. The van der Waals surface area contributed by atoms with Gasteiger partial charge in [-0.3, -0.25) is 9.78 Å². The zero-order valence-electron chi connectivity index (χ0n) is 10.2. The van der Waals surface area contributed by atoms with Gasteiger partial charge in [0.15, 0.2) is 0 Å². The van der Waals surface area contributed by atoms with Crippen molar-refractivity contribution in [1.29, 1.82) is 0 Å². The van der Waals surface area contributed by atoms with Crippen LogP contribution in [-0.2, 0) is 4.79 Å². The second-order valence-corrected chi connectivity index (χ2v) is 5.62. The van der Waals surface area contributed by atoms with Crippen molar-refractivity contribution in [2.24, 2.45) is 5.73 Å². The van der Waals surface area contributed by atoms with Gasteiger partial charge in [0.25, 0.3) is 0 Å². The molecule has 94 valence electrons. The third kappa shape index (κ3) is 2.68. The topological polar surface area (TPSA) is 68.0 Å². The molecule has 1 aromatic carbocycles. The number of nitrogens with zero attached hydrogens (tertiary/aromatic N) is 1. The number of benzene rings is 1. The van der Waals surface area contributed by atoms with Crippen LogP contribution in [0.5, 0.6) is 0 Å². The van der Waals surface area contributed by atoms with Crippen LogP contribution in [0.15, 0.2) is 34.9 Å². The molecule has 0 unspecified atom stereocenters. The van der Waals surface area contributed by atoms with Gasteiger partial charge in [0, 0.05) is 16.1 Å². The first kappa shape index (κ1) is 13.0. The van der Waals surface area contributed by atoms with E-state index in [4.69, 9.17) is 5.73 Å². The summed E-state index contributed by atoms with van der Waals surface area (Å²) < 4.78 is 0.901. The number of nitrogens with one attached hydrogen (secondary N) is 1. The molecular formula is C13H14BrN3O. The van der Waals surface area contributed by atoms with Gasteiger partial charge in [0.2, 0.25) is 5.91 Å². The molecule has 0 aliphatic rings. The van der Waals surface area contributed by atoms with Crippen LogP contribution in [0.25, 0.3) is 10.9 Å². The Morgan fingerprint density at radius 2 is 2.17 bits per heavy atom. The van der Waals surface area contributed by atoms with Gasteiger partial charge in [-0.1, -0.05) is 12.1 Å². The Bertz CT molecular complexity index is 605. The fourth-order valence-electron chi connectivity index (χ4n) is 1.52. The van der Waals surface area contributed by atoms with E-state index >= 15 is 0 Å². The predicted molar refractivity (Wildman–Crippen MR) is 76.3 cm³/mol. The molecule has 3 N–H and O–H groups in total. The largest absolute Gasteiger partial charge is 0.323 e. The van der Waals surface area contributed by atoms with E-state index in [1.165, 1.54) is 0 Å². The second kappa shape index (κ2) is 4.66. The van der Waals surface area contributed by atoms with E-state index in [1.807, 2.05) is 24.3 Å². The Balaban J connectivity index is 2.43. The molecule has 0 spiro atoms. The van der Waals surface area contributed by atoms with Crippen molar-refractivity contribution in [1.82, 2.24) is 4.98 Å². The Kier molecular flexibility index (Phi) is 3.36. The highest BCUT2D eigenvalue weighted by atomic mass is 79.9. The molecule has 0 atom stereocenters. The third-order valence-corrected chi connectivity index (χ3v) is 2.94. The number of rotatable bonds is 2. The molecule has 2 aromatic rings. The number of carbonyl (C=O) groups is 1. The number of carbonyl (C=O) groups excluding carboxylic acids is 1. The molecule has 0 aliphatic carbocycles. The summed E-state index contributed by atoms with van der Waals surface area (Å²) in [7, 11) is 0. The maximum atomic E-state index is 11.9. The number of hydrogen-bond acceptors (Lipinski definition) is 3. The van der Waals surface area contributed by atoms with E-state index in [0.29, 0.717) is 5.69 Å². The first-order chi connectivity index (χ1) is 8.38. The molecule has 0 fully saturated rings. The summed E-state index contributed by atoms with van der Waals surface area (Å²) in [6.45, 7) is 3.33. The summed E-state index contributed by atoms with van der Waals surface area (Å²) in [6, 6.07) is 7.57. The highest BCUT2D eigenvalue weighted by Crippen LogP contribution is 2.24. The SMILES string of the molecule is CC(C)(N)C(=O)Nc1cccc2cc(Br)cnc12. The number of amides is 1. The van der Waals surface area contributed by atoms with Crippen LogP contribution in [0.4, 0.5) is 5.69 Å². The summed E-state index contributed by atoms with van der Waals surface area (Å²) in [5.41, 5.74) is 6.25. The lowest BCUT2D eigenvalue weighted by Crippen LogP contribution is -2.45. The fourth-order valence-corrected chi connectivity index (χ4v) is 1.87. The molecule has 4 nitrogen and oxygen atoms in total. The quantitative estimate of drug-likeness (QED) is 0.896. The molecule has 0 radical (unpaired) electrons. The average molecular weight is 308 g/mol. The van der Waals surface area contributed by atoms with E-state index in [0.717, 1.165) is 15.4 Å². The van der Waals surface area contributed by atoms with E-state index in [2.05, 4.69) is 26.2 Å². The number of nitrogens with two attached hydrogens (primary N) is 1. The van der Waals surface area contributed by atoms with Gasteiger partial charge in [-0.25, -0.2) is 0 Å². The van der Waals surface area contributed by atoms with Crippen molar-refractivity contribution in [3.8, 4) is 0 Å². The summed E-state index contributed by atoms with van der Waals surface area (Å²) in [5.74, 6) is -0.236. The molecule has 0 bridgehead atoms. The minimum atomic E-state index is -0.919. The lowest BCUT2D eigenvalue weighted by Gasteiger charge is -2.18. The van der Waals surface area contributed by atoms with Crippen LogP contribution in [-0.4, -0.2) is 16.4 Å². The molecule has 1 heterocycles. The van der Waals surface area contributed by atoms with E-state index in [9.17, 15) is 4.79 Å². The monoisotopic (exact) mass is 307 g/mol. The first-order valence-corrected chi connectivity index (χ1v) is 6.32. The normalized spacial score (nSPS) is 11.6. The van der Waals surface area contributed by atoms with Gasteiger partial charge >= 0.3 is 0 Å². The van der Waals surface area contributed by atoms with Gasteiger partial charge in [0.05, 0.1) is 16.7 Å². The van der Waals surface area contributed by atoms with Crippen LogP contribution >= 0.6 is 15.9 Å². The Morgan fingerprint density at radius 1 is 1.44 bits per heavy atom. The lowest BCUT2D eigenvalue weighted by atomic mass is 10.1. The number of para-hydroxylation sites is 1. The van der Waals surface area contributed by atoms with Crippen molar-refractivity contribution in [2.45, 2.75) is 19.4 Å². The van der Waals surface area contributed by atoms with Gasteiger partial charge in [0.1, 0.15) is 0 Å². The molecule has 0 aliphatic heterocycles. The highest BCUT2D eigenvalue weighted by Gasteiger charge is 2.22. The van der Waals surface area contributed by atoms with E-state index in [-0.39, 0.29) is 5.91 Å². The molecule has 1 aromatic heterocycles. The van der Waals surface area contributed by atoms with Gasteiger partial charge in [-0.05, 0) is 41.9 Å². The van der Waals surface area contributed by atoms with Crippen molar-refractivity contribution in [3.05, 3.63) is 34.9 Å². The first-order valence-electron chi connectivity index (χ1n) is 5.52. The van der Waals surface area contributed by atoms with Crippen molar-refractivity contribution >= 4 is 38.4 Å². The van der Waals surface area contributed by atoms with E-state index in [1.54, 1.807) is 20.0 Å². The molecule has 0 saturated carbocycles. The predicted octanol–water partition coefficient (Wildman–Crippen LogP) is 2.67. The number of halogens is 1. The zero-order chi connectivity index (χ0) is 13.3. The van der Waals surface area contributed by atoms with Crippen molar-refractivity contribution in [2.75, 3.05) is 5.32 Å². The van der Waals surface area contributed by atoms with Crippen LogP contribution in [0, 0.1) is 0 Å². The van der Waals surface area contributed by atoms with Crippen LogP contribution < -0.4 is 11.1 Å². The maximum absolute atomic E-state index is 11.9. The second-order valence-electron chi connectivity index (χ2n) is 4.71. The zero-order valence-corrected chi connectivity index (χ0v) is 11.8. The van der Waals surface area contributed by atoms with Gasteiger partial charge in [-0.15, -0.1) is 0 Å². The molecule has 0 saturated heterocycles. The standard InChI is InChI=1S/C13H14BrN3O/c1-13(2,15)12(18)17-10-5-3-4-8-6-9(14)7-16-11(8)10/h3-7H,15H2,1-2H3,(H,17,18). The van der Waals surface area contributed by atoms with Crippen LogP contribution in [0.2, 0.25) is 0 Å². The Labute approximate surface area is 114 Å². The molecular weight excluding hydrogens is 294 g/mol. The fraction of sp³-hybridized carbons (Fsp3) is 0.231.